The van der Waals surface area contributed by atoms with Crippen LogP contribution in [0.2, 0.25) is 0 Å². The Balaban J connectivity index is 2.37. The van der Waals surface area contributed by atoms with Gasteiger partial charge in [-0.3, -0.25) is 4.79 Å². The molecular weight excluding hydrogens is 284 g/mol. The van der Waals surface area contributed by atoms with Crippen molar-refractivity contribution in [3.05, 3.63) is 28.7 Å². The summed E-state index contributed by atoms with van der Waals surface area (Å²) in [5.74, 6) is -0.112. The quantitative estimate of drug-likeness (QED) is 0.750. The lowest BCUT2D eigenvalue weighted by molar-refractivity contribution is -0.115. The van der Waals surface area contributed by atoms with Crippen molar-refractivity contribution in [1.82, 2.24) is 5.32 Å². The zero-order valence-corrected chi connectivity index (χ0v) is 11.3. The summed E-state index contributed by atoms with van der Waals surface area (Å²) in [6.45, 7) is 2.21. The van der Waals surface area contributed by atoms with Crippen LogP contribution in [-0.4, -0.2) is 30.2 Å². The largest absolute Gasteiger partial charge is 0.395 e. The van der Waals surface area contributed by atoms with E-state index in [1.807, 2.05) is 31.2 Å². The highest BCUT2D eigenvalue weighted by atomic mass is 79.9. The standard InChI is InChI=1S/C12H17BrN2O2/c1-2-10(8-16)14-7-12(17)15-11-5-3-9(13)4-6-11/h3-6,10,14,16H,2,7-8H2,1H3,(H,15,17). The number of hydrogen-bond donors (Lipinski definition) is 3. The first-order valence-electron chi connectivity index (χ1n) is 5.55. The van der Waals surface area contributed by atoms with Crippen molar-refractivity contribution in [3.63, 3.8) is 0 Å². The van der Waals surface area contributed by atoms with E-state index in [2.05, 4.69) is 26.6 Å². The van der Waals surface area contributed by atoms with Gasteiger partial charge in [0.2, 0.25) is 5.91 Å². The molecule has 1 atom stereocenters. The second kappa shape index (κ2) is 7.42. The van der Waals surface area contributed by atoms with E-state index in [4.69, 9.17) is 5.11 Å². The Labute approximate surface area is 110 Å². The number of halogens is 1. The van der Waals surface area contributed by atoms with Crippen LogP contribution >= 0.6 is 15.9 Å². The van der Waals surface area contributed by atoms with Crippen molar-refractivity contribution in [2.24, 2.45) is 0 Å². The maximum absolute atomic E-state index is 11.6. The summed E-state index contributed by atoms with van der Waals surface area (Å²) in [4.78, 5) is 11.6. The maximum Gasteiger partial charge on any atom is 0.238 e. The average molecular weight is 301 g/mol. The molecule has 0 bridgehead atoms. The number of carbonyl (C=O) groups excluding carboxylic acids is 1. The molecule has 3 N–H and O–H groups in total. The zero-order chi connectivity index (χ0) is 12.7. The minimum Gasteiger partial charge on any atom is -0.395 e. The van der Waals surface area contributed by atoms with Crippen LogP contribution in [0.1, 0.15) is 13.3 Å². The van der Waals surface area contributed by atoms with Crippen molar-refractivity contribution in [2.45, 2.75) is 19.4 Å². The van der Waals surface area contributed by atoms with Crippen LogP contribution in [0.5, 0.6) is 0 Å². The molecule has 0 heterocycles. The molecule has 0 aromatic heterocycles. The number of aliphatic hydroxyl groups is 1. The van der Waals surface area contributed by atoms with Crippen LogP contribution in [-0.2, 0) is 4.79 Å². The predicted octanol–water partition coefficient (Wildman–Crippen LogP) is 1.75. The Hall–Kier alpha value is -0.910. The Morgan fingerprint density at radius 3 is 2.59 bits per heavy atom. The van der Waals surface area contributed by atoms with Crippen LogP contribution in [0, 0.1) is 0 Å². The van der Waals surface area contributed by atoms with Crippen LogP contribution in [0.4, 0.5) is 5.69 Å². The second-order valence-electron chi connectivity index (χ2n) is 3.72. The number of benzene rings is 1. The lowest BCUT2D eigenvalue weighted by Crippen LogP contribution is -2.37. The summed E-state index contributed by atoms with van der Waals surface area (Å²) >= 11 is 3.33. The van der Waals surface area contributed by atoms with Gasteiger partial charge in [0.1, 0.15) is 0 Å². The van der Waals surface area contributed by atoms with Gasteiger partial charge in [-0.1, -0.05) is 22.9 Å². The zero-order valence-electron chi connectivity index (χ0n) is 9.74. The Morgan fingerprint density at radius 1 is 1.41 bits per heavy atom. The number of hydrogen-bond acceptors (Lipinski definition) is 3. The summed E-state index contributed by atoms with van der Waals surface area (Å²) < 4.78 is 0.972. The highest BCUT2D eigenvalue weighted by molar-refractivity contribution is 9.10. The van der Waals surface area contributed by atoms with E-state index >= 15 is 0 Å². The summed E-state index contributed by atoms with van der Waals surface area (Å²) in [7, 11) is 0. The average Bonchev–Trinajstić information content (AvgIpc) is 2.33. The van der Waals surface area contributed by atoms with Crippen LogP contribution < -0.4 is 10.6 Å². The van der Waals surface area contributed by atoms with Gasteiger partial charge in [-0.15, -0.1) is 0 Å². The molecule has 5 heteroatoms. The van der Waals surface area contributed by atoms with E-state index in [-0.39, 0.29) is 25.1 Å². The van der Waals surface area contributed by atoms with E-state index in [9.17, 15) is 4.79 Å². The summed E-state index contributed by atoms with van der Waals surface area (Å²) in [6, 6.07) is 7.36. The topological polar surface area (TPSA) is 61.4 Å². The lowest BCUT2D eigenvalue weighted by Gasteiger charge is -2.13. The fourth-order valence-corrected chi connectivity index (χ4v) is 1.58. The number of rotatable bonds is 6. The van der Waals surface area contributed by atoms with E-state index in [1.54, 1.807) is 0 Å². The molecule has 1 rings (SSSR count). The summed E-state index contributed by atoms with van der Waals surface area (Å²) in [6.07, 6.45) is 0.794. The van der Waals surface area contributed by atoms with Crippen LogP contribution in [0.3, 0.4) is 0 Å². The van der Waals surface area contributed by atoms with Gasteiger partial charge >= 0.3 is 0 Å². The Morgan fingerprint density at radius 2 is 2.06 bits per heavy atom. The third-order valence-electron chi connectivity index (χ3n) is 2.39. The van der Waals surface area contributed by atoms with Gasteiger partial charge in [0.05, 0.1) is 13.2 Å². The van der Waals surface area contributed by atoms with Gasteiger partial charge in [0.25, 0.3) is 0 Å². The fraction of sp³-hybridized carbons (Fsp3) is 0.417. The number of nitrogens with one attached hydrogen (secondary N) is 2. The Bertz CT molecular complexity index is 350. The first-order valence-corrected chi connectivity index (χ1v) is 6.34. The van der Waals surface area contributed by atoms with Gasteiger partial charge in [-0.25, -0.2) is 0 Å². The van der Waals surface area contributed by atoms with Crippen molar-refractivity contribution in [2.75, 3.05) is 18.5 Å². The molecule has 0 aliphatic heterocycles. The fourth-order valence-electron chi connectivity index (χ4n) is 1.31. The molecule has 0 aliphatic carbocycles. The first-order chi connectivity index (χ1) is 8.15. The van der Waals surface area contributed by atoms with Crippen molar-refractivity contribution in [1.29, 1.82) is 0 Å². The molecule has 17 heavy (non-hydrogen) atoms. The van der Waals surface area contributed by atoms with Crippen molar-refractivity contribution >= 4 is 27.5 Å². The molecule has 0 spiro atoms. The molecular formula is C12H17BrN2O2. The molecule has 4 nitrogen and oxygen atoms in total. The monoisotopic (exact) mass is 300 g/mol. The first kappa shape index (κ1) is 14.2. The highest BCUT2D eigenvalue weighted by Gasteiger charge is 2.07. The summed E-state index contributed by atoms with van der Waals surface area (Å²) in [5, 5.41) is 14.7. The van der Waals surface area contributed by atoms with Crippen LogP contribution in [0.15, 0.2) is 28.7 Å². The van der Waals surface area contributed by atoms with Crippen molar-refractivity contribution < 1.29 is 9.90 Å². The smallest absolute Gasteiger partial charge is 0.238 e. The molecule has 0 saturated heterocycles. The van der Waals surface area contributed by atoms with E-state index in [0.717, 1.165) is 16.6 Å². The minimum atomic E-state index is -0.112. The molecule has 0 fully saturated rings. The SMILES string of the molecule is CCC(CO)NCC(=O)Nc1ccc(Br)cc1. The third kappa shape index (κ3) is 5.30. The number of aliphatic hydroxyl groups excluding tert-OH is 1. The Kier molecular flexibility index (Phi) is 6.18. The molecule has 0 aliphatic rings. The highest BCUT2D eigenvalue weighted by Crippen LogP contribution is 2.13. The number of anilines is 1. The maximum atomic E-state index is 11.6. The van der Waals surface area contributed by atoms with Gasteiger partial charge in [0, 0.05) is 16.2 Å². The van der Waals surface area contributed by atoms with E-state index in [0.29, 0.717) is 0 Å². The molecule has 1 amide bonds. The molecule has 1 unspecified atom stereocenters. The molecule has 1 aromatic carbocycles. The van der Waals surface area contributed by atoms with Gasteiger partial charge in [-0.2, -0.15) is 0 Å². The summed E-state index contributed by atoms with van der Waals surface area (Å²) in [5.41, 5.74) is 0.761. The normalized spacial score (nSPS) is 12.2. The van der Waals surface area contributed by atoms with Gasteiger partial charge in [0.15, 0.2) is 0 Å². The van der Waals surface area contributed by atoms with E-state index in [1.165, 1.54) is 0 Å². The number of amides is 1. The molecule has 0 saturated carbocycles. The van der Waals surface area contributed by atoms with E-state index < -0.39 is 0 Å². The van der Waals surface area contributed by atoms with Gasteiger partial charge in [-0.05, 0) is 30.7 Å². The third-order valence-corrected chi connectivity index (χ3v) is 2.92. The molecule has 94 valence electrons. The van der Waals surface area contributed by atoms with Crippen molar-refractivity contribution in [3.8, 4) is 0 Å². The van der Waals surface area contributed by atoms with Gasteiger partial charge < -0.3 is 15.7 Å². The van der Waals surface area contributed by atoms with Crippen LogP contribution in [0.25, 0.3) is 0 Å². The second-order valence-corrected chi connectivity index (χ2v) is 4.64. The predicted molar refractivity (Wildman–Crippen MR) is 71.9 cm³/mol. The number of carbonyl (C=O) groups is 1. The minimum absolute atomic E-state index is 0.0225. The molecule has 0 radical (unpaired) electrons. The molecule has 1 aromatic rings. The lowest BCUT2D eigenvalue weighted by atomic mass is 10.2.